The predicted molar refractivity (Wildman–Crippen MR) is 111 cm³/mol. The molecule has 0 fully saturated rings. The Kier molecular flexibility index (Phi) is 4.57. The van der Waals surface area contributed by atoms with Gasteiger partial charge in [0.15, 0.2) is 18.1 Å². The van der Waals surface area contributed by atoms with Gasteiger partial charge in [-0.2, -0.15) is 0 Å². The monoisotopic (exact) mass is 396 g/mol. The maximum atomic E-state index is 12.9. The molecule has 0 N–H and O–H groups in total. The highest BCUT2D eigenvalue weighted by Gasteiger charge is 2.17. The van der Waals surface area contributed by atoms with Crippen LogP contribution in [-0.2, 0) is 11.3 Å². The average Bonchev–Trinajstić information content (AvgIpc) is 3.50. The van der Waals surface area contributed by atoms with Crippen LogP contribution in [0.1, 0.15) is 16.2 Å². The summed E-state index contributed by atoms with van der Waals surface area (Å²) in [6.45, 7) is -0.0710. The molecule has 0 aliphatic heterocycles. The lowest BCUT2D eigenvalue weighted by atomic mass is 10.1. The van der Waals surface area contributed by atoms with E-state index >= 15 is 0 Å². The molecule has 0 unspecified atom stereocenters. The van der Waals surface area contributed by atoms with E-state index in [1.165, 1.54) is 0 Å². The number of hydrogen-bond donors (Lipinski definition) is 0. The zero-order chi connectivity index (χ0) is 20.3. The third kappa shape index (κ3) is 3.46. The number of pyridine rings is 1. The fourth-order valence-corrected chi connectivity index (χ4v) is 3.21. The molecule has 0 saturated heterocycles. The van der Waals surface area contributed by atoms with Crippen LogP contribution in [0.15, 0.2) is 94.1 Å². The predicted octanol–water partition coefficient (Wildman–Crippen LogP) is 5.51. The summed E-state index contributed by atoms with van der Waals surface area (Å²) in [5, 5.41) is 0.704. The molecule has 0 radical (unpaired) electrons. The van der Waals surface area contributed by atoms with Gasteiger partial charge in [-0.05, 0) is 24.3 Å². The molecular formula is C24H16N2O4. The van der Waals surface area contributed by atoms with Crippen LogP contribution in [0.3, 0.4) is 0 Å². The second-order valence-electron chi connectivity index (χ2n) is 6.61. The number of rotatable bonds is 5. The molecule has 30 heavy (non-hydrogen) atoms. The molecule has 0 bridgehead atoms. The van der Waals surface area contributed by atoms with Crippen LogP contribution in [0.5, 0.6) is 0 Å². The third-order valence-corrected chi connectivity index (χ3v) is 4.65. The van der Waals surface area contributed by atoms with E-state index in [2.05, 4.69) is 9.97 Å². The highest BCUT2D eigenvalue weighted by Crippen LogP contribution is 2.26. The van der Waals surface area contributed by atoms with Gasteiger partial charge in [-0.1, -0.05) is 48.5 Å². The van der Waals surface area contributed by atoms with Gasteiger partial charge >= 0.3 is 5.97 Å². The van der Waals surface area contributed by atoms with Gasteiger partial charge in [0.2, 0.25) is 5.89 Å². The Hall–Kier alpha value is -4.19. The van der Waals surface area contributed by atoms with Gasteiger partial charge in [0.05, 0.1) is 23.5 Å². The van der Waals surface area contributed by atoms with Gasteiger partial charge in [0.1, 0.15) is 5.69 Å². The molecule has 5 aromatic rings. The number of furan rings is 1. The summed E-state index contributed by atoms with van der Waals surface area (Å²) in [6.07, 6.45) is 3.19. The van der Waals surface area contributed by atoms with E-state index in [0.29, 0.717) is 39.6 Å². The molecule has 0 saturated carbocycles. The standard InChI is InChI=1S/C24H16N2O4/c27-24(29-15-23-25-14-22(30-23)16-7-2-1-3-8-16)18-13-20(21-11-6-12-28-21)26-19-10-5-4-9-17(18)19/h1-14H,15H2. The first-order chi connectivity index (χ1) is 14.8. The minimum atomic E-state index is -0.485. The van der Waals surface area contributed by atoms with Crippen LogP contribution in [0.2, 0.25) is 0 Å². The van der Waals surface area contributed by atoms with Crippen molar-refractivity contribution in [2.75, 3.05) is 0 Å². The van der Waals surface area contributed by atoms with Gasteiger partial charge in [0, 0.05) is 10.9 Å². The second kappa shape index (κ2) is 7.67. The average molecular weight is 396 g/mol. The number of nitrogens with zero attached hydrogens (tertiary/aromatic N) is 2. The molecule has 6 nitrogen and oxygen atoms in total. The zero-order valence-corrected chi connectivity index (χ0v) is 15.8. The van der Waals surface area contributed by atoms with Crippen molar-refractivity contribution in [3.8, 4) is 22.8 Å². The van der Waals surface area contributed by atoms with Crippen molar-refractivity contribution >= 4 is 16.9 Å². The van der Waals surface area contributed by atoms with Crippen LogP contribution >= 0.6 is 0 Å². The first-order valence-corrected chi connectivity index (χ1v) is 9.39. The Balaban J connectivity index is 1.41. The third-order valence-electron chi connectivity index (χ3n) is 4.65. The van der Waals surface area contributed by atoms with E-state index in [0.717, 1.165) is 5.56 Å². The summed E-state index contributed by atoms with van der Waals surface area (Å²) < 4.78 is 16.6. The summed E-state index contributed by atoms with van der Waals surface area (Å²) in [5.41, 5.74) is 2.56. The van der Waals surface area contributed by atoms with Crippen molar-refractivity contribution in [2.45, 2.75) is 6.61 Å². The fraction of sp³-hybridized carbons (Fsp3) is 0.0417. The second-order valence-corrected chi connectivity index (χ2v) is 6.61. The van der Waals surface area contributed by atoms with Gasteiger partial charge in [-0.3, -0.25) is 0 Å². The number of carbonyl (C=O) groups is 1. The first-order valence-electron chi connectivity index (χ1n) is 9.39. The molecule has 3 aromatic heterocycles. The Labute approximate surface area is 171 Å². The molecule has 5 rings (SSSR count). The number of para-hydroxylation sites is 1. The summed E-state index contributed by atoms with van der Waals surface area (Å²) in [4.78, 5) is 21.7. The van der Waals surface area contributed by atoms with E-state index in [9.17, 15) is 4.79 Å². The maximum absolute atomic E-state index is 12.9. The smallest absolute Gasteiger partial charge is 0.339 e. The zero-order valence-electron chi connectivity index (χ0n) is 15.8. The number of hydrogen-bond acceptors (Lipinski definition) is 6. The van der Waals surface area contributed by atoms with E-state index < -0.39 is 5.97 Å². The van der Waals surface area contributed by atoms with Crippen molar-refractivity contribution in [3.63, 3.8) is 0 Å². The molecule has 3 heterocycles. The molecule has 0 amide bonds. The van der Waals surface area contributed by atoms with E-state index in [4.69, 9.17) is 13.6 Å². The molecule has 6 heteroatoms. The van der Waals surface area contributed by atoms with Crippen molar-refractivity contribution in [1.82, 2.24) is 9.97 Å². The Bertz CT molecular complexity index is 1310. The van der Waals surface area contributed by atoms with E-state index in [1.54, 1.807) is 30.7 Å². The molecule has 0 aliphatic carbocycles. The van der Waals surface area contributed by atoms with Gasteiger partial charge in [-0.15, -0.1) is 0 Å². The van der Waals surface area contributed by atoms with E-state index in [1.807, 2.05) is 54.6 Å². The number of oxazole rings is 1. The van der Waals surface area contributed by atoms with E-state index in [-0.39, 0.29) is 6.61 Å². The number of esters is 1. The Morgan fingerprint density at radius 2 is 1.77 bits per heavy atom. The molecule has 146 valence electrons. The topological polar surface area (TPSA) is 78.4 Å². The Morgan fingerprint density at radius 3 is 2.60 bits per heavy atom. The lowest BCUT2D eigenvalue weighted by Crippen LogP contribution is -2.07. The Morgan fingerprint density at radius 1 is 0.933 bits per heavy atom. The van der Waals surface area contributed by atoms with Crippen molar-refractivity contribution in [3.05, 3.63) is 96.7 Å². The highest BCUT2D eigenvalue weighted by atomic mass is 16.5. The maximum Gasteiger partial charge on any atom is 0.339 e. The normalized spacial score (nSPS) is 10.9. The number of benzene rings is 2. The molecule has 0 atom stereocenters. The summed E-state index contributed by atoms with van der Waals surface area (Å²) >= 11 is 0. The van der Waals surface area contributed by atoms with Crippen LogP contribution < -0.4 is 0 Å². The first kappa shape index (κ1) is 17.9. The quantitative estimate of drug-likeness (QED) is 0.365. The number of fused-ring (bicyclic) bond motifs is 1. The minimum absolute atomic E-state index is 0.0710. The minimum Gasteiger partial charge on any atom is -0.463 e. The molecule has 2 aromatic carbocycles. The summed E-state index contributed by atoms with van der Waals surface area (Å²) in [6, 6.07) is 22.3. The number of carbonyl (C=O) groups excluding carboxylic acids is 1. The van der Waals surface area contributed by atoms with Crippen molar-refractivity contribution in [1.29, 1.82) is 0 Å². The summed E-state index contributed by atoms with van der Waals surface area (Å²) in [7, 11) is 0. The molecule has 0 aliphatic rings. The lowest BCUT2D eigenvalue weighted by Gasteiger charge is -2.08. The van der Waals surface area contributed by atoms with Gasteiger partial charge < -0.3 is 13.6 Å². The SMILES string of the molecule is O=C(OCc1ncc(-c2ccccc2)o1)c1cc(-c2ccco2)nc2ccccc12. The number of aromatic nitrogens is 2. The summed E-state index contributed by atoms with van der Waals surface area (Å²) in [5.74, 6) is 1.04. The van der Waals surface area contributed by atoms with Crippen molar-refractivity contribution in [2.24, 2.45) is 0 Å². The largest absolute Gasteiger partial charge is 0.463 e. The van der Waals surface area contributed by atoms with Crippen molar-refractivity contribution < 1.29 is 18.4 Å². The number of ether oxygens (including phenoxy) is 1. The molecule has 0 spiro atoms. The van der Waals surface area contributed by atoms with Crippen LogP contribution in [0.25, 0.3) is 33.7 Å². The van der Waals surface area contributed by atoms with Crippen LogP contribution in [0.4, 0.5) is 0 Å². The molecular weight excluding hydrogens is 380 g/mol. The highest BCUT2D eigenvalue weighted by molar-refractivity contribution is 6.04. The lowest BCUT2D eigenvalue weighted by molar-refractivity contribution is 0.0441. The van der Waals surface area contributed by atoms with Crippen LogP contribution in [-0.4, -0.2) is 15.9 Å². The van der Waals surface area contributed by atoms with Crippen LogP contribution in [0, 0.1) is 0 Å². The van der Waals surface area contributed by atoms with Gasteiger partial charge in [-0.25, -0.2) is 14.8 Å². The fourth-order valence-electron chi connectivity index (χ4n) is 3.21. The van der Waals surface area contributed by atoms with Gasteiger partial charge in [0.25, 0.3) is 0 Å².